The largest absolute Gasteiger partial charge is 0.503 e. The van der Waals surface area contributed by atoms with E-state index in [2.05, 4.69) is 5.32 Å². The van der Waals surface area contributed by atoms with Crippen LogP contribution in [0, 0.1) is 11.6 Å². The second kappa shape index (κ2) is 8.25. The lowest BCUT2D eigenvalue weighted by Crippen LogP contribution is -2.35. The van der Waals surface area contributed by atoms with Gasteiger partial charge in [-0.25, -0.2) is 8.78 Å². The van der Waals surface area contributed by atoms with Crippen molar-refractivity contribution in [3.8, 4) is 5.75 Å². The number of rotatable bonds is 3. The number of carbonyl (C=O) groups excluding carboxylic acids is 2. The van der Waals surface area contributed by atoms with E-state index in [1.807, 2.05) is 0 Å². The minimum atomic E-state index is -1.01. The van der Waals surface area contributed by atoms with Crippen molar-refractivity contribution in [1.82, 2.24) is 9.88 Å². The lowest BCUT2D eigenvalue weighted by atomic mass is 10.0. The van der Waals surface area contributed by atoms with E-state index in [1.54, 1.807) is 18.2 Å². The molecule has 2 bridgehead atoms. The molecule has 0 aliphatic carbocycles. The first-order chi connectivity index (χ1) is 16.2. The molecule has 0 spiro atoms. The number of fused-ring (bicyclic) bond motifs is 7. The van der Waals surface area contributed by atoms with Gasteiger partial charge in [0.2, 0.25) is 5.43 Å². The molecule has 34 heavy (non-hydrogen) atoms. The van der Waals surface area contributed by atoms with Crippen LogP contribution in [-0.2, 0) is 13.0 Å². The molecule has 0 saturated carbocycles. The Morgan fingerprint density at radius 1 is 1.18 bits per heavy atom. The van der Waals surface area contributed by atoms with Gasteiger partial charge in [-0.2, -0.15) is 0 Å². The fourth-order valence-corrected chi connectivity index (χ4v) is 4.72. The highest BCUT2D eigenvalue weighted by Crippen LogP contribution is 2.38. The van der Waals surface area contributed by atoms with Crippen LogP contribution in [0.2, 0.25) is 5.02 Å². The molecule has 174 valence electrons. The number of hydrogen-bond donors (Lipinski definition) is 2. The van der Waals surface area contributed by atoms with Crippen molar-refractivity contribution in [1.29, 1.82) is 0 Å². The van der Waals surface area contributed by atoms with Gasteiger partial charge in [0.25, 0.3) is 11.8 Å². The molecule has 10 heteroatoms. The smallest absolute Gasteiger partial charge is 0.278 e. The van der Waals surface area contributed by atoms with Gasteiger partial charge in [0.1, 0.15) is 17.2 Å². The molecule has 3 aromatic rings. The van der Waals surface area contributed by atoms with Gasteiger partial charge in [0.15, 0.2) is 11.4 Å². The second-order valence-electron chi connectivity index (χ2n) is 8.27. The van der Waals surface area contributed by atoms with Gasteiger partial charge in [0.05, 0.1) is 0 Å². The summed E-state index contributed by atoms with van der Waals surface area (Å²) in [6, 6.07) is 7.79. The number of nitrogens with one attached hydrogen (secondary N) is 1. The van der Waals surface area contributed by atoms with E-state index in [1.165, 1.54) is 21.7 Å². The summed E-state index contributed by atoms with van der Waals surface area (Å²) in [6.07, 6.45) is 2.25. The normalized spacial score (nSPS) is 16.5. The molecule has 2 N–H and O–H groups in total. The van der Waals surface area contributed by atoms with Crippen molar-refractivity contribution >= 4 is 29.1 Å². The van der Waals surface area contributed by atoms with Crippen molar-refractivity contribution in [3.05, 3.63) is 91.9 Å². The summed E-state index contributed by atoms with van der Waals surface area (Å²) in [4.78, 5) is 40.5. The molecule has 2 aliphatic heterocycles. The highest BCUT2D eigenvalue weighted by Gasteiger charge is 2.37. The van der Waals surface area contributed by atoms with Crippen LogP contribution in [0.25, 0.3) is 0 Å². The number of anilines is 1. The Morgan fingerprint density at radius 2 is 1.97 bits per heavy atom. The average Bonchev–Trinajstić information content (AvgIpc) is 3.06. The van der Waals surface area contributed by atoms with Gasteiger partial charge < -0.3 is 19.9 Å². The average molecular weight is 486 g/mol. The van der Waals surface area contributed by atoms with Gasteiger partial charge >= 0.3 is 0 Å². The molecular formula is C24H18ClF2N3O4. The first-order valence-corrected chi connectivity index (χ1v) is 10.9. The summed E-state index contributed by atoms with van der Waals surface area (Å²) >= 11 is 6.15. The van der Waals surface area contributed by atoms with E-state index < -0.39 is 34.6 Å². The summed E-state index contributed by atoms with van der Waals surface area (Å²) in [6.45, 7) is 0.0632. The summed E-state index contributed by atoms with van der Waals surface area (Å²) < 4.78 is 28.5. The third kappa shape index (κ3) is 3.62. The van der Waals surface area contributed by atoms with E-state index in [9.17, 15) is 28.3 Å². The number of hydrogen-bond acceptors (Lipinski definition) is 4. The maximum Gasteiger partial charge on any atom is 0.278 e. The van der Waals surface area contributed by atoms with E-state index >= 15 is 0 Å². The van der Waals surface area contributed by atoms with Crippen molar-refractivity contribution in [2.75, 3.05) is 11.4 Å². The minimum absolute atomic E-state index is 0.0282. The Bertz CT molecular complexity index is 1420. The molecule has 0 fully saturated rings. The van der Waals surface area contributed by atoms with Crippen LogP contribution in [0.15, 0.2) is 47.4 Å². The van der Waals surface area contributed by atoms with Gasteiger partial charge in [-0.05, 0) is 42.7 Å². The molecule has 0 radical (unpaired) electrons. The third-order valence-electron chi connectivity index (χ3n) is 6.22. The molecular weight excluding hydrogens is 468 g/mol. The van der Waals surface area contributed by atoms with E-state index in [0.717, 1.165) is 11.6 Å². The Labute approximate surface area is 197 Å². The van der Waals surface area contributed by atoms with Gasteiger partial charge in [-0.3, -0.25) is 14.4 Å². The van der Waals surface area contributed by atoms with Gasteiger partial charge in [-0.1, -0.05) is 17.7 Å². The maximum atomic E-state index is 13.9. The molecule has 2 amide bonds. The lowest BCUT2D eigenvalue weighted by Gasteiger charge is -2.27. The number of halogens is 3. The second-order valence-corrected chi connectivity index (χ2v) is 8.71. The van der Waals surface area contributed by atoms with Crippen LogP contribution in [0.1, 0.15) is 44.4 Å². The van der Waals surface area contributed by atoms with Crippen LogP contribution in [-0.4, -0.2) is 28.0 Å². The number of pyridine rings is 1. The quantitative estimate of drug-likeness (QED) is 0.593. The zero-order valence-electron chi connectivity index (χ0n) is 17.6. The first-order valence-electron chi connectivity index (χ1n) is 10.5. The zero-order valence-corrected chi connectivity index (χ0v) is 18.4. The number of amides is 2. The number of nitrogens with zero attached hydrogens (tertiary/aromatic N) is 2. The molecule has 5 rings (SSSR count). The summed E-state index contributed by atoms with van der Waals surface area (Å²) in [5, 5.41) is 13.6. The SMILES string of the molecule is O=C(NCc1ccc(F)cc1F)c1cn2c(c(O)c1=O)C(=O)N1CCC2Cc2cc(Cl)ccc21. The van der Waals surface area contributed by atoms with E-state index in [-0.39, 0.29) is 29.4 Å². The predicted molar refractivity (Wildman–Crippen MR) is 120 cm³/mol. The first kappa shape index (κ1) is 22.1. The highest BCUT2D eigenvalue weighted by atomic mass is 35.5. The van der Waals surface area contributed by atoms with Crippen LogP contribution in [0.4, 0.5) is 14.5 Å². The van der Waals surface area contributed by atoms with Crippen molar-refractivity contribution in [2.24, 2.45) is 0 Å². The minimum Gasteiger partial charge on any atom is -0.503 e. The van der Waals surface area contributed by atoms with Crippen molar-refractivity contribution in [3.63, 3.8) is 0 Å². The van der Waals surface area contributed by atoms with Gasteiger partial charge in [-0.15, -0.1) is 0 Å². The number of aromatic nitrogens is 1. The number of benzene rings is 2. The third-order valence-corrected chi connectivity index (χ3v) is 6.46. The Balaban J connectivity index is 1.53. The number of aromatic hydroxyl groups is 1. The van der Waals surface area contributed by atoms with Gasteiger partial charge in [0, 0.05) is 47.7 Å². The monoisotopic (exact) mass is 485 g/mol. The molecule has 2 aliphatic rings. The van der Waals surface area contributed by atoms with E-state index in [0.29, 0.717) is 36.2 Å². The Morgan fingerprint density at radius 3 is 2.74 bits per heavy atom. The van der Waals surface area contributed by atoms with Crippen molar-refractivity contribution in [2.45, 2.75) is 25.4 Å². The Hall–Kier alpha value is -3.72. The van der Waals surface area contributed by atoms with Crippen LogP contribution >= 0.6 is 11.6 Å². The highest BCUT2D eigenvalue weighted by molar-refractivity contribution is 6.30. The van der Waals surface area contributed by atoms with E-state index in [4.69, 9.17) is 11.6 Å². The molecule has 0 saturated heterocycles. The zero-order chi connectivity index (χ0) is 24.1. The Kier molecular flexibility index (Phi) is 5.36. The summed E-state index contributed by atoms with van der Waals surface area (Å²) in [5.74, 6) is -3.82. The lowest BCUT2D eigenvalue weighted by molar-refractivity contribution is 0.0941. The molecule has 3 heterocycles. The maximum absolute atomic E-state index is 13.9. The topological polar surface area (TPSA) is 91.6 Å². The standard InChI is InChI=1S/C24H18ClF2N3O4/c25-14-2-4-19-13(7-14)8-16-5-6-29(19)24(34)20-22(32)21(31)17(11-30(16)20)23(33)28-10-12-1-3-15(26)9-18(12)27/h1-4,7,9,11,16,32H,5-6,8,10H2,(H,28,33). The van der Waals surface area contributed by atoms with Crippen LogP contribution in [0.5, 0.6) is 5.75 Å². The number of carbonyl (C=O) groups is 2. The summed E-state index contributed by atoms with van der Waals surface area (Å²) in [5.41, 5.74) is -0.0474. The molecule has 1 atom stereocenters. The van der Waals surface area contributed by atoms with Crippen molar-refractivity contribution < 1.29 is 23.5 Å². The fourth-order valence-electron chi connectivity index (χ4n) is 4.53. The summed E-state index contributed by atoms with van der Waals surface area (Å²) in [7, 11) is 0. The predicted octanol–water partition coefficient (Wildman–Crippen LogP) is 3.56. The molecule has 1 aromatic heterocycles. The van der Waals surface area contributed by atoms with Crippen LogP contribution < -0.4 is 15.6 Å². The molecule has 2 aromatic carbocycles. The fraction of sp³-hybridized carbons (Fsp3) is 0.208. The molecule has 7 nitrogen and oxygen atoms in total. The molecule has 1 unspecified atom stereocenters. The van der Waals surface area contributed by atoms with Crippen LogP contribution in [0.3, 0.4) is 0 Å².